The van der Waals surface area contributed by atoms with Crippen molar-refractivity contribution in [3.05, 3.63) is 59.0 Å². The maximum Gasteiger partial charge on any atom is 0.253 e. The highest BCUT2D eigenvalue weighted by Gasteiger charge is 2.19. The highest BCUT2D eigenvalue weighted by atomic mass is 16.5. The number of hydrogen-bond acceptors (Lipinski definition) is 5. The lowest BCUT2D eigenvalue weighted by molar-refractivity contribution is 0.0949. The molecular formula is C21H24N4O3. The Hall–Kier alpha value is -2.93. The maximum atomic E-state index is 12.6. The summed E-state index contributed by atoms with van der Waals surface area (Å²) in [6.07, 6.45) is 2.95. The van der Waals surface area contributed by atoms with E-state index in [2.05, 4.69) is 21.6 Å². The smallest absolute Gasteiger partial charge is 0.253 e. The van der Waals surface area contributed by atoms with Crippen LogP contribution in [-0.2, 0) is 13.0 Å². The highest BCUT2D eigenvalue weighted by molar-refractivity contribution is 5.94. The molecule has 3 aromatic rings. The Bertz CT molecular complexity index is 1010. The summed E-state index contributed by atoms with van der Waals surface area (Å²) in [5.74, 6) is 1.19. The van der Waals surface area contributed by atoms with E-state index < -0.39 is 6.10 Å². The molecule has 0 aliphatic carbocycles. The summed E-state index contributed by atoms with van der Waals surface area (Å²) in [6.45, 7) is 5.02. The SMILES string of the molecule is CC(C)C(O)c1nnc2ccc(C(=O)NCc3ccc4c(c3)CCCO4)cn12. The molecule has 2 N–H and O–H groups in total. The zero-order chi connectivity index (χ0) is 19.7. The third kappa shape index (κ3) is 3.57. The number of benzene rings is 1. The van der Waals surface area contributed by atoms with E-state index >= 15 is 0 Å². The minimum absolute atomic E-state index is 0.00197. The Labute approximate surface area is 163 Å². The van der Waals surface area contributed by atoms with E-state index in [9.17, 15) is 9.90 Å². The van der Waals surface area contributed by atoms with Crippen LogP contribution in [0.1, 0.15) is 53.7 Å². The number of aryl methyl sites for hydroxylation is 1. The van der Waals surface area contributed by atoms with E-state index in [1.54, 1.807) is 22.7 Å². The normalized spacial score (nSPS) is 14.6. The van der Waals surface area contributed by atoms with Crippen LogP contribution in [-0.4, -0.2) is 32.2 Å². The first-order valence-corrected chi connectivity index (χ1v) is 9.58. The molecule has 28 heavy (non-hydrogen) atoms. The number of fused-ring (bicyclic) bond motifs is 2. The predicted molar refractivity (Wildman–Crippen MR) is 104 cm³/mol. The minimum Gasteiger partial charge on any atom is -0.493 e. The van der Waals surface area contributed by atoms with E-state index in [0.717, 1.165) is 30.8 Å². The van der Waals surface area contributed by atoms with Gasteiger partial charge in [0.25, 0.3) is 5.91 Å². The Kier molecular flexibility index (Phi) is 5.00. The Morgan fingerprint density at radius 3 is 2.96 bits per heavy atom. The fourth-order valence-electron chi connectivity index (χ4n) is 3.35. The fourth-order valence-corrected chi connectivity index (χ4v) is 3.35. The minimum atomic E-state index is -0.744. The monoisotopic (exact) mass is 380 g/mol. The van der Waals surface area contributed by atoms with Crippen LogP contribution in [0.15, 0.2) is 36.5 Å². The number of carbonyl (C=O) groups excluding carboxylic acids is 1. The van der Waals surface area contributed by atoms with Gasteiger partial charge in [-0.05, 0) is 48.1 Å². The molecule has 0 spiro atoms. The summed E-state index contributed by atoms with van der Waals surface area (Å²) >= 11 is 0. The van der Waals surface area contributed by atoms with E-state index in [0.29, 0.717) is 23.6 Å². The van der Waals surface area contributed by atoms with E-state index in [1.165, 1.54) is 5.56 Å². The van der Waals surface area contributed by atoms with Crippen molar-refractivity contribution in [1.29, 1.82) is 0 Å². The molecule has 0 bridgehead atoms. The second-order valence-electron chi connectivity index (χ2n) is 7.47. The molecule has 1 amide bonds. The van der Waals surface area contributed by atoms with Gasteiger partial charge < -0.3 is 15.2 Å². The quantitative estimate of drug-likeness (QED) is 0.710. The molecular weight excluding hydrogens is 356 g/mol. The van der Waals surface area contributed by atoms with Gasteiger partial charge in [-0.1, -0.05) is 26.0 Å². The number of rotatable bonds is 5. The van der Waals surface area contributed by atoms with Gasteiger partial charge in [0.1, 0.15) is 11.9 Å². The highest BCUT2D eigenvalue weighted by Crippen LogP contribution is 2.25. The van der Waals surface area contributed by atoms with Crippen LogP contribution in [0.2, 0.25) is 0 Å². The molecule has 146 valence electrons. The van der Waals surface area contributed by atoms with Crippen LogP contribution in [0.3, 0.4) is 0 Å². The molecule has 0 radical (unpaired) electrons. The molecule has 0 saturated heterocycles. The van der Waals surface area contributed by atoms with Crippen molar-refractivity contribution in [2.45, 2.75) is 39.3 Å². The lowest BCUT2D eigenvalue weighted by Crippen LogP contribution is -2.23. The zero-order valence-corrected chi connectivity index (χ0v) is 16.1. The number of amides is 1. The van der Waals surface area contributed by atoms with Crippen LogP contribution in [0.4, 0.5) is 0 Å². The molecule has 2 aromatic heterocycles. The van der Waals surface area contributed by atoms with Gasteiger partial charge in [-0.25, -0.2) is 0 Å². The molecule has 3 heterocycles. The van der Waals surface area contributed by atoms with Crippen molar-refractivity contribution in [3.8, 4) is 5.75 Å². The Morgan fingerprint density at radius 2 is 2.14 bits per heavy atom. The Balaban J connectivity index is 1.50. The lowest BCUT2D eigenvalue weighted by atomic mass is 10.0. The number of nitrogens with one attached hydrogen (secondary N) is 1. The third-order valence-electron chi connectivity index (χ3n) is 5.01. The van der Waals surface area contributed by atoms with Crippen molar-refractivity contribution in [1.82, 2.24) is 19.9 Å². The molecule has 1 unspecified atom stereocenters. The summed E-state index contributed by atoms with van der Waals surface area (Å²) in [5.41, 5.74) is 3.32. The van der Waals surface area contributed by atoms with E-state index in [-0.39, 0.29) is 11.8 Å². The van der Waals surface area contributed by atoms with Crippen molar-refractivity contribution in [2.24, 2.45) is 5.92 Å². The molecule has 1 aromatic carbocycles. The molecule has 0 fully saturated rings. The third-order valence-corrected chi connectivity index (χ3v) is 5.01. The molecule has 4 rings (SSSR count). The van der Waals surface area contributed by atoms with Gasteiger partial charge in [0, 0.05) is 12.7 Å². The van der Waals surface area contributed by atoms with Crippen LogP contribution in [0.5, 0.6) is 5.75 Å². The van der Waals surface area contributed by atoms with Crippen molar-refractivity contribution >= 4 is 11.6 Å². The Morgan fingerprint density at radius 1 is 1.29 bits per heavy atom. The van der Waals surface area contributed by atoms with Gasteiger partial charge >= 0.3 is 0 Å². The maximum absolute atomic E-state index is 12.6. The number of carbonyl (C=O) groups is 1. The van der Waals surface area contributed by atoms with E-state index in [4.69, 9.17) is 4.74 Å². The summed E-state index contributed by atoms with van der Waals surface area (Å²) in [6, 6.07) is 9.48. The summed E-state index contributed by atoms with van der Waals surface area (Å²) in [4.78, 5) is 12.6. The van der Waals surface area contributed by atoms with Crippen LogP contribution in [0, 0.1) is 5.92 Å². The first kappa shape index (κ1) is 18.4. The van der Waals surface area contributed by atoms with Crippen molar-refractivity contribution in [2.75, 3.05) is 6.61 Å². The largest absolute Gasteiger partial charge is 0.493 e. The number of nitrogens with zero attached hydrogens (tertiary/aromatic N) is 3. The first-order valence-electron chi connectivity index (χ1n) is 9.58. The second-order valence-corrected chi connectivity index (χ2v) is 7.47. The molecule has 7 nitrogen and oxygen atoms in total. The summed E-state index contributed by atoms with van der Waals surface area (Å²) in [7, 11) is 0. The number of aliphatic hydroxyl groups excluding tert-OH is 1. The lowest BCUT2D eigenvalue weighted by Gasteiger charge is -2.18. The van der Waals surface area contributed by atoms with Crippen molar-refractivity contribution < 1.29 is 14.6 Å². The molecule has 0 saturated carbocycles. The molecule has 7 heteroatoms. The number of hydrogen-bond donors (Lipinski definition) is 2. The average molecular weight is 380 g/mol. The van der Waals surface area contributed by atoms with Gasteiger partial charge in [0.15, 0.2) is 11.5 Å². The number of ether oxygens (including phenoxy) is 1. The number of aliphatic hydroxyl groups is 1. The topological polar surface area (TPSA) is 88.8 Å². The van der Waals surface area contributed by atoms with Gasteiger partial charge in [-0.15, -0.1) is 10.2 Å². The molecule has 1 aliphatic rings. The van der Waals surface area contributed by atoms with Gasteiger partial charge in [-0.3, -0.25) is 9.20 Å². The second kappa shape index (κ2) is 7.59. The van der Waals surface area contributed by atoms with Gasteiger partial charge in [-0.2, -0.15) is 0 Å². The van der Waals surface area contributed by atoms with Crippen LogP contribution in [0.25, 0.3) is 5.65 Å². The first-order chi connectivity index (χ1) is 13.5. The molecule has 1 aliphatic heterocycles. The van der Waals surface area contributed by atoms with Crippen LogP contribution >= 0.6 is 0 Å². The number of aromatic nitrogens is 3. The summed E-state index contributed by atoms with van der Waals surface area (Å²) in [5, 5.41) is 21.4. The standard InChI is InChI=1S/C21H24N4O3/c1-13(2)19(26)20-24-23-18-8-6-16(12-25(18)20)21(27)22-11-14-5-7-17-15(10-14)4-3-9-28-17/h5-8,10,12-13,19,26H,3-4,9,11H2,1-2H3,(H,22,27). The van der Waals surface area contributed by atoms with Gasteiger partial charge in [0.2, 0.25) is 0 Å². The van der Waals surface area contributed by atoms with Crippen molar-refractivity contribution in [3.63, 3.8) is 0 Å². The fraction of sp³-hybridized carbons (Fsp3) is 0.381. The van der Waals surface area contributed by atoms with Crippen LogP contribution < -0.4 is 10.1 Å². The number of pyridine rings is 1. The average Bonchev–Trinajstić information content (AvgIpc) is 3.14. The molecule has 1 atom stereocenters. The van der Waals surface area contributed by atoms with Gasteiger partial charge in [0.05, 0.1) is 12.2 Å². The van der Waals surface area contributed by atoms with E-state index in [1.807, 2.05) is 26.0 Å². The predicted octanol–water partition coefficient (Wildman–Crippen LogP) is 2.67. The summed E-state index contributed by atoms with van der Waals surface area (Å²) < 4.78 is 7.31. The zero-order valence-electron chi connectivity index (χ0n) is 16.1.